The summed E-state index contributed by atoms with van der Waals surface area (Å²) in [6, 6.07) is 16.8. The molecule has 0 radical (unpaired) electrons. The molecular formula is C30H38N4O4S. The van der Waals surface area contributed by atoms with Crippen LogP contribution >= 0.6 is 0 Å². The van der Waals surface area contributed by atoms with Crippen LogP contribution in [0.4, 0.5) is 5.69 Å². The predicted molar refractivity (Wildman–Crippen MR) is 155 cm³/mol. The smallest absolute Gasteiger partial charge is 0.255 e. The highest BCUT2D eigenvalue weighted by Gasteiger charge is 2.35. The summed E-state index contributed by atoms with van der Waals surface area (Å²) in [6.07, 6.45) is 1.29. The number of nitrogens with two attached hydrogens (primary N) is 1. The fourth-order valence-electron chi connectivity index (χ4n) is 5.41. The molecular weight excluding hydrogens is 512 g/mol. The van der Waals surface area contributed by atoms with Crippen LogP contribution in [0.3, 0.4) is 0 Å². The molecule has 1 saturated heterocycles. The Bertz CT molecular complexity index is 1470. The highest BCUT2D eigenvalue weighted by Crippen LogP contribution is 2.32. The van der Waals surface area contributed by atoms with Crippen LogP contribution in [-0.4, -0.2) is 50.3 Å². The maximum Gasteiger partial charge on any atom is 0.255 e. The molecule has 4 rings (SSSR count). The second-order valence-electron chi connectivity index (χ2n) is 10.9. The molecule has 0 spiro atoms. The van der Waals surface area contributed by atoms with E-state index in [1.54, 1.807) is 42.2 Å². The van der Waals surface area contributed by atoms with Gasteiger partial charge in [-0.1, -0.05) is 56.3 Å². The van der Waals surface area contributed by atoms with Gasteiger partial charge in [0.2, 0.25) is 15.9 Å². The fourth-order valence-corrected chi connectivity index (χ4v) is 6.97. The summed E-state index contributed by atoms with van der Waals surface area (Å²) in [7, 11) is -3.90. The lowest BCUT2D eigenvalue weighted by Crippen LogP contribution is -2.55. The van der Waals surface area contributed by atoms with Gasteiger partial charge >= 0.3 is 0 Å². The molecule has 8 nitrogen and oxygen atoms in total. The van der Waals surface area contributed by atoms with E-state index in [9.17, 15) is 18.0 Å². The normalized spacial score (nSPS) is 18.8. The first-order valence-corrected chi connectivity index (χ1v) is 14.9. The first-order chi connectivity index (χ1) is 18.5. The first kappa shape index (κ1) is 28.7. The molecule has 0 bridgehead atoms. The Labute approximate surface area is 231 Å². The molecule has 9 heteroatoms. The highest BCUT2D eigenvalue weighted by atomic mass is 32.2. The zero-order valence-electron chi connectivity index (χ0n) is 23.0. The van der Waals surface area contributed by atoms with Crippen LogP contribution in [0.15, 0.2) is 65.6 Å². The SMILES string of the molecule is Cc1ccccc1C(=O)Nc1ccc(S(=O)(=O)N[C@H]2CCN(C(=O)[C@H](C)N)C[C@H]2CC(C)C)c2ccccc12. The summed E-state index contributed by atoms with van der Waals surface area (Å²) in [5.74, 6) is -0.0597. The number of anilines is 1. The highest BCUT2D eigenvalue weighted by molar-refractivity contribution is 7.89. The number of sulfonamides is 1. The largest absolute Gasteiger partial charge is 0.341 e. The van der Waals surface area contributed by atoms with Crippen molar-refractivity contribution in [2.45, 2.75) is 57.5 Å². The third-order valence-electron chi connectivity index (χ3n) is 7.33. The number of hydrogen-bond donors (Lipinski definition) is 3. The molecule has 1 aliphatic rings. The standard InChI is InChI=1S/C30H38N4O4S/c1-19(2)17-22-18-34(30(36)21(4)31)16-15-26(22)33-39(37,38)28-14-13-27(24-11-7-8-12-25(24)28)32-29(35)23-10-6-5-9-20(23)3/h5-14,19,21-22,26,33H,15-18,31H2,1-4H3,(H,32,35)/t21-,22+,26-/m0/s1. The molecule has 3 atom stereocenters. The number of fused-ring (bicyclic) bond motifs is 1. The lowest BCUT2D eigenvalue weighted by Gasteiger charge is -2.40. The number of nitrogens with zero attached hydrogens (tertiary/aromatic N) is 1. The maximum atomic E-state index is 13.8. The van der Waals surface area contributed by atoms with Crippen molar-refractivity contribution in [3.05, 3.63) is 71.8 Å². The molecule has 39 heavy (non-hydrogen) atoms. The minimum Gasteiger partial charge on any atom is -0.341 e. The average Bonchev–Trinajstić information content (AvgIpc) is 2.89. The van der Waals surface area contributed by atoms with Crippen molar-refractivity contribution in [1.82, 2.24) is 9.62 Å². The van der Waals surface area contributed by atoms with Gasteiger partial charge in [0.15, 0.2) is 0 Å². The van der Waals surface area contributed by atoms with Gasteiger partial charge in [0.05, 0.1) is 10.9 Å². The molecule has 2 amide bonds. The van der Waals surface area contributed by atoms with Gasteiger partial charge in [0.1, 0.15) is 0 Å². The number of carbonyl (C=O) groups is 2. The number of rotatable bonds is 8. The lowest BCUT2D eigenvalue weighted by atomic mass is 9.86. The molecule has 0 aromatic heterocycles. The van der Waals surface area contributed by atoms with Crippen molar-refractivity contribution in [2.24, 2.45) is 17.6 Å². The van der Waals surface area contributed by atoms with Crippen LogP contribution in [0, 0.1) is 18.8 Å². The third kappa shape index (κ3) is 6.49. The van der Waals surface area contributed by atoms with E-state index in [4.69, 9.17) is 5.73 Å². The molecule has 1 aliphatic heterocycles. The average molecular weight is 551 g/mol. The van der Waals surface area contributed by atoms with Crippen molar-refractivity contribution in [3.63, 3.8) is 0 Å². The number of aryl methyl sites for hydroxylation is 1. The second kappa shape index (κ2) is 11.9. The van der Waals surface area contributed by atoms with E-state index < -0.39 is 16.1 Å². The molecule has 0 unspecified atom stereocenters. The van der Waals surface area contributed by atoms with Gasteiger partial charge in [-0.15, -0.1) is 0 Å². The van der Waals surface area contributed by atoms with Crippen molar-refractivity contribution in [3.8, 4) is 0 Å². The van der Waals surface area contributed by atoms with E-state index in [0.29, 0.717) is 47.5 Å². The second-order valence-corrected chi connectivity index (χ2v) is 12.6. The Morgan fingerprint density at radius 3 is 2.33 bits per heavy atom. The molecule has 3 aromatic rings. The van der Waals surface area contributed by atoms with E-state index >= 15 is 0 Å². The molecule has 4 N–H and O–H groups in total. The maximum absolute atomic E-state index is 13.8. The molecule has 0 aliphatic carbocycles. The summed E-state index contributed by atoms with van der Waals surface area (Å²) in [6.45, 7) is 8.65. The van der Waals surface area contributed by atoms with Gasteiger partial charge in [-0.25, -0.2) is 13.1 Å². The number of likely N-dealkylation sites (tertiary alicyclic amines) is 1. The minimum atomic E-state index is -3.90. The number of hydrogen-bond acceptors (Lipinski definition) is 5. The Hall–Kier alpha value is -3.27. The predicted octanol–water partition coefficient (Wildman–Crippen LogP) is 4.29. The molecule has 1 heterocycles. The minimum absolute atomic E-state index is 0.0323. The van der Waals surface area contributed by atoms with Gasteiger partial charge in [-0.05, 0) is 62.3 Å². The van der Waals surface area contributed by atoms with E-state index in [0.717, 1.165) is 12.0 Å². The molecule has 3 aromatic carbocycles. The number of nitrogens with one attached hydrogen (secondary N) is 2. The van der Waals surface area contributed by atoms with Crippen LogP contribution in [-0.2, 0) is 14.8 Å². The quantitative estimate of drug-likeness (QED) is 0.386. The van der Waals surface area contributed by atoms with Crippen LogP contribution in [0.25, 0.3) is 10.8 Å². The van der Waals surface area contributed by atoms with E-state index in [1.807, 2.05) is 37.3 Å². The van der Waals surface area contributed by atoms with E-state index in [-0.39, 0.29) is 28.7 Å². The molecule has 1 fully saturated rings. The van der Waals surface area contributed by atoms with Crippen LogP contribution in [0.2, 0.25) is 0 Å². The fraction of sp³-hybridized carbons (Fsp3) is 0.400. The lowest BCUT2D eigenvalue weighted by molar-refractivity contribution is -0.134. The molecule has 208 valence electrons. The monoisotopic (exact) mass is 550 g/mol. The number of amides is 2. The van der Waals surface area contributed by atoms with Crippen molar-refractivity contribution < 1.29 is 18.0 Å². The van der Waals surface area contributed by atoms with Gasteiger partial charge in [-0.3, -0.25) is 9.59 Å². The number of benzene rings is 3. The summed E-state index contributed by atoms with van der Waals surface area (Å²) in [4.78, 5) is 27.4. The Balaban J connectivity index is 1.62. The van der Waals surface area contributed by atoms with E-state index in [1.165, 1.54) is 0 Å². The Morgan fingerprint density at radius 2 is 1.67 bits per heavy atom. The van der Waals surface area contributed by atoms with Crippen molar-refractivity contribution in [2.75, 3.05) is 18.4 Å². The van der Waals surface area contributed by atoms with Crippen molar-refractivity contribution >= 4 is 38.3 Å². The summed E-state index contributed by atoms with van der Waals surface area (Å²) < 4.78 is 30.5. The van der Waals surface area contributed by atoms with Gasteiger partial charge in [0, 0.05) is 41.2 Å². The van der Waals surface area contributed by atoms with Crippen LogP contribution < -0.4 is 15.8 Å². The zero-order valence-corrected chi connectivity index (χ0v) is 23.8. The van der Waals surface area contributed by atoms with Crippen LogP contribution in [0.1, 0.15) is 49.5 Å². The Morgan fingerprint density at radius 1 is 1.00 bits per heavy atom. The third-order valence-corrected chi connectivity index (χ3v) is 8.88. The number of piperidine rings is 1. The van der Waals surface area contributed by atoms with Crippen molar-refractivity contribution in [1.29, 1.82) is 0 Å². The van der Waals surface area contributed by atoms with Gasteiger partial charge in [-0.2, -0.15) is 0 Å². The van der Waals surface area contributed by atoms with Gasteiger partial charge < -0.3 is 16.0 Å². The Kier molecular flexibility index (Phi) is 8.73. The summed E-state index contributed by atoms with van der Waals surface area (Å²) in [5, 5.41) is 4.12. The molecule has 0 saturated carbocycles. The van der Waals surface area contributed by atoms with Crippen LogP contribution in [0.5, 0.6) is 0 Å². The summed E-state index contributed by atoms with van der Waals surface area (Å²) >= 11 is 0. The zero-order chi connectivity index (χ0) is 28.3. The van der Waals surface area contributed by atoms with E-state index in [2.05, 4.69) is 23.9 Å². The summed E-state index contributed by atoms with van der Waals surface area (Å²) in [5.41, 5.74) is 7.79. The first-order valence-electron chi connectivity index (χ1n) is 13.4. The number of carbonyl (C=O) groups excluding carboxylic acids is 2. The topological polar surface area (TPSA) is 122 Å². The van der Waals surface area contributed by atoms with Gasteiger partial charge in [0.25, 0.3) is 5.91 Å².